The van der Waals surface area contributed by atoms with E-state index in [9.17, 15) is 4.39 Å². The second kappa shape index (κ2) is 9.95. The predicted molar refractivity (Wildman–Crippen MR) is 158 cm³/mol. The van der Waals surface area contributed by atoms with E-state index >= 15 is 0 Å². The highest BCUT2D eigenvalue weighted by Gasteiger charge is 2.20. The molecule has 0 saturated heterocycles. The van der Waals surface area contributed by atoms with E-state index in [1.807, 2.05) is 37.3 Å². The van der Waals surface area contributed by atoms with Gasteiger partial charge in [-0.1, -0.05) is 43.9 Å². The highest BCUT2D eigenvalue weighted by atomic mass is 32.1. The van der Waals surface area contributed by atoms with Crippen molar-refractivity contribution in [2.24, 2.45) is 5.92 Å². The van der Waals surface area contributed by atoms with Gasteiger partial charge in [-0.3, -0.25) is 5.10 Å². The van der Waals surface area contributed by atoms with Crippen LogP contribution in [0.2, 0.25) is 0 Å². The Hall–Kier alpha value is -4.16. The van der Waals surface area contributed by atoms with Crippen LogP contribution in [0.4, 0.5) is 4.39 Å². The van der Waals surface area contributed by atoms with Gasteiger partial charge in [-0.2, -0.15) is 9.49 Å². The monoisotopic (exact) mass is 520 g/mol. The number of allylic oxidation sites excluding steroid dienone is 5. The summed E-state index contributed by atoms with van der Waals surface area (Å²) in [4.78, 5) is 4.43. The van der Waals surface area contributed by atoms with Crippen LogP contribution in [0.25, 0.3) is 49.2 Å². The molecule has 3 aromatic heterocycles. The molecule has 0 atom stereocenters. The van der Waals surface area contributed by atoms with Crippen molar-refractivity contribution in [3.8, 4) is 21.8 Å². The number of H-pyrrole nitrogens is 2. The van der Waals surface area contributed by atoms with E-state index in [4.69, 9.17) is 0 Å². The number of thiophene rings is 1. The topological polar surface area (TPSA) is 56.5 Å². The minimum Gasteiger partial charge on any atom is -0.359 e. The molecule has 0 bridgehead atoms. The molecule has 3 heterocycles. The molecule has 1 saturated carbocycles. The van der Waals surface area contributed by atoms with Crippen LogP contribution < -0.4 is 5.32 Å². The minimum atomic E-state index is -0.186. The third kappa shape index (κ3) is 4.41. The number of aromatic amines is 2. The molecule has 0 unspecified atom stereocenters. The highest BCUT2D eigenvalue weighted by Crippen LogP contribution is 2.37. The number of nitrogens with one attached hydrogen (secondary N) is 3. The Bertz CT molecular complexity index is 1740. The summed E-state index contributed by atoms with van der Waals surface area (Å²) >= 11 is 1.16. The normalized spacial score (nSPS) is 14.7. The van der Waals surface area contributed by atoms with Gasteiger partial charge in [0.25, 0.3) is 0 Å². The summed E-state index contributed by atoms with van der Waals surface area (Å²) in [6.45, 7) is 10.3. The molecule has 0 spiro atoms. The zero-order valence-electron chi connectivity index (χ0n) is 21.3. The van der Waals surface area contributed by atoms with Crippen LogP contribution >= 0.6 is 11.3 Å². The van der Waals surface area contributed by atoms with Crippen molar-refractivity contribution in [2.75, 3.05) is 0 Å². The van der Waals surface area contributed by atoms with Gasteiger partial charge in [0, 0.05) is 38.1 Å². The first-order valence-electron chi connectivity index (χ1n) is 12.9. The zero-order valence-corrected chi connectivity index (χ0v) is 22.1. The molecule has 190 valence electrons. The van der Waals surface area contributed by atoms with Gasteiger partial charge in [-0.15, -0.1) is 11.3 Å². The summed E-state index contributed by atoms with van der Waals surface area (Å²) in [5.74, 6) is 0.549. The molecule has 1 aliphatic rings. The summed E-state index contributed by atoms with van der Waals surface area (Å²) in [6, 6.07) is 17.8. The van der Waals surface area contributed by atoms with Gasteiger partial charge >= 0.3 is 0 Å². The average Bonchev–Trinajstić information content (AvgIpc) is 3.62. The van der Waals surface area contributed by atoms with Gasteiger partial charge < -0.3 is 10.3 Å². The van der Waals surface area contributed by atoms with E-state index in [1.165, 1.54) is 25.3 Å². The molecule has 5 aromatic rings. The second-order valence-electron chi connectivity index (χ2n) is 9.71. The maximum atomic E-state index is 13.7. The molecule has 2 aromatic carbocycles. The lowest BCUT2D eigenvalue weighted by Gasteiger charge is -2.28. The van der Waals surface area contributed by atoms with E-state index in [2.05, 4.69) is 70.1 Å². The molecule has 6 heteroatoms. The second-order valence-corrected chi connectivity index (χ2v) is 10.7. The van der Waals surface area contributed by atoms with Crippen LogP contribution in [0.5, 0.6) is 0 Å². The van der Waals surface area contributed by atoms with Crippen LogP contribution in [-0.2, 0) is 0 Å². The number of hydrogen-bond donors (Lipinski definition) is 3. The van der Waals surface area contributed by atoms with Crippen LogP contribution in [0.15, 0.2) is 97.4 Å². The predicted octanol–water partition coefficient (Wildman–Crippen LogP) is 8.96. The van der Waals surface area contributed by atoms with Crippen LogP contribution in [-0.4, -0.2) is 15.2 Å². The lowest BCUT2D eigenvalue weighted by Crippen LogP contribution is -2.23. The Morgan fingerprint density at radius 2 is 1.97 bits per heavy atom. The number of halogens is 1. The van der Waals surface area contributed by atoms with Gasteiger partial charge in [-0.25, -0.2) is 0 Å². The van der Waals surface area contributed by atoms with Crippen molar-refractivity contribution >= 4 is 38.7 Å². The lowest BCUT2D eigenvalue weighted by molar-refractivity contribution is 0.356. The van der Waals surface area contributed by atoms with Gasteiger partial charge in [0.15, 0.2) is 5.13 Å². The maximum absolute atomic E-state index is 13.7. The Labute approximate surface area is 225 Å². The molecule has 3 N–H and O–H groups in total. The zero-order chi connectivity index (χ0) is 26.2. The van der Waals surface area contributed by atoms with Crippen LogP contribution in [0.1, 0.15) is 31.7 Å². The molecule has 0 amide bonds. The summed E-state index contributed by atoms with van der Waals surface area (Å²) in [6.07, 6.45) is 9.74. The Balaban J connectivity index is 1.37. The smallest absolute Gasteiger partial charge is 0.176 e. The largest absolute Gasteiger partial charge is 0.359 e. The van der Waals surface area contributed by atoms with Crippen molar-refractivity contribution in [1.29, 1.82) is 0 Å². The molecular formula is C32H29FN4S. The third-order valence-electron chi connectivity index (χ3n) is 7.40. The molecule has 0 aliphatic heterocycles. The Morgan fingerprint density at radius 3 is 2.68 bits per heavy atom. The van der Waals surface area contributed by atoms with E-state index in [0.29, 0.717) is 5.92 Å². The third-order valence-corrected chi connectivity index (χ3v) is 8.31. The number of fused-ring (bicyclic) bond motifs is 2. The van der Waals surface area contributed by atoms with Crippen LogP contribution in [0, 0.1) is 11.0 Å². The number of aromatic nitrogens is 3. The summed E-state index contributed by atoms with van der Waals surface area (Å²) in [5.41, 5.74) is 8.90. The van der Waals surface area contributed by atoms with Crippen molar-refractivity contribution < 1.29 is 4.39 Å². The molecule has 1 fully saturated rings. The van der Waals surface area contributed by atoms with Gasteiger partial charge in [0.05, 0.1) is 11.2 Å². The molecular weight excluding hydrogens is 491 g/mol. The molecule has 4 nitrogen and oxygen atoms in total. The molecule has 38 heavy (non-hydrogen) atoms. The SMILES string of the molecule is C=C/C(=C\C(=C/C)c1ccc2[nH]nc(-c3cc4c(-c5ccc(F)s5)cccc4[nH]3)c2c1)NC(=C)C1CCC1. The van der Waals surface area contributed by atoms with E-state index in [1.54, 1.807) is 0 Å². The first-order chi connectivity index (χ1) is 18.5. The number of nitrogens with zero attached hydrogens (tertiary/aromatic N) is 1. The van der Waals surface area contributed by atoms with Gasteiger partial charge in [-0.05, 0) is 85.4 Å². The maximum Gasteiger partial charge on any atom is 0.176 e. The Morgan fingerprint density at radius 1 is 1.11 bits per heavy atom. The molecule has 1 aliphatic carbocycles. The highest BCUT2D eigenvalue weighted by molar-refractivity contribution is 7.14. The van der Waals surface area contributed by atoms with Crippen molar-refractivity contribution in [1.82, 2.24) is 20.5 Å². The lowest BCUT2D eigenvalue weighted by atomic mass is 9.83. The number of rotatable bonds is 8. The van der Waals surface area contributed by atoms with Crippen molar-refractivity contribution in [2.45, 2.75) is 26.2 Å². The van der Waals surface area contributed by atoms with Crippen molar-refractivity contribution in [3.05, 3.63) is 108 Å². The average molecular weight is 521 g/mol. The number of hydrogen-bond acceptors (Lipinski definition) is 3. The summed E-state index contributed by atoms with van der Waals surface area (Å²) < 4.78 is 13.7. The minimum absolute atomic E-state index is 0.186. The fourth-order valence-corrected chi connectivity index (χ4v) is 5.82. The van der Waals surface area contributed by atoms with Gasteiger partial charge in [0.2, 0.25) is 0 Å². The van der Waals surface area contributed by atoms with E-state index in [0.717, 1.165) is 77.5 Å². The number of benzene rings is 2. The summed E-state index contributed by atoms with van der Waals surface area (Å²) in [5, 5.41) is 13.2. The molecule has 6 rings (SSSR count). The standard InChI is InChI=1S/C32H29FN4S/c1-4-20(16-23(5-2)34-19(3)21-8-6-9-21)22-12-13-28-26(17-22)32(37-36-28)29-18-25-24(10-7-11-27(25)35-29)30-14-15-31(33)38-30/h4-5,7,10-18,21,34-35H,2-3,6,8-9H2,1H3,(H,36,37)/b20-4+,23-16+. The van der Waals surface area contributed by atoms with Gasteiger partial charge in [0.1, 0.15) is 5.69 Å². The summed E-state index contributed by atoms with van der Waals surface area (Å²) in [7, 11) is 0. The fourth-order valence-electron chi connectivity index (χ4n) is 5.05. The van der Waals surface area contributed by atoms with Crippen molar-refractivity contribution in [3.63, 3.8) is 0 Å². The van der Waals surface area contributed by atoms with E-state index < -0.39 is 0 Å². The van der Waals surface area contributed by atoms with Crippen LogP contribution in [0.3, 0.4) is 0 Å². The quantitative estimate of drug-likeness (QED) is 0.179. The first kappa shape index (κ1) is 24.2. The Kier molecular flexibility index (Phi) is 6.34. The first-order valence-corrected chi connectivity index (χ1v) is 13.7. The molecule has 0 radical (unpaired) electrons. The van der Waals surface area contributed by atoms with E-state index in [-0.39, 0.29) is 5.13 Å². The fraction of sp³-hybridized carbons (Fsp3) is 0.156.